The summed E-state index contributed by atoms with van der Waals surface area (Å²) >= 11 is 0. The van der Waals surface area contributed by atoms with E-state index >= 15 is 13.2 Å². The van der Waals surface area contributed by atoms with Gasteiger partial charge in [-0.05, 0) is 49.4 Å². The average Bonchev–Trinajstić information content (AvgIpc) is 3.01. The van der Waals surface area contributed by atoms with Crippen LogP contribution >= 0.6 is 0 Å². The summed E-state index contributed by atoms with van der Waals surface area (Å²) in [6.07, 6.45) is -2.00. The Kier molecular flexibility index (Phi) is 7.13. The molecule has 1 heterocycles. The van der Waals surface area contributed by atoms with Crippen LogP contribution in [-0.2, 0) is 21.2 Å². The number of likely N-dealkylation sites (tertiary alicyclic amines) is 1. The predicted molar refractivity (Wildman–Crippen MR) is 120 cm³/mol. The molecule has 0 radical (unpaired) electrons. The van der Waals surface area contributed by atoms with Crippen molar-refractivity contribution in [2.24, 2.45) is 5.92 Å². The van der Waals surface area contributed by atoms with Crippen molar-refractivity contribution in [3.63, 3.8) is 0 Å². The van der Waals surface area contributed by atoms with Gasteiger partial charge in [0.1, 0.15) is 29.7 Å². The maximum atomic E-state index is 15.5. The van der Waals surface area contributed by atoms with E-state index in [4.69, 9.17) is 0 Å². The van der Waals surface area contributed by atoms with Gasteiger partial charge in [-0.2, -0.15) is 0 Å². The summed E-state index contributed by atoms with van der Waals surface area (Å²) in [6.45, 7) is 0.141. The number of carbonyl (C=O) groups excluding carboxylic acids is 1. The van der Waals surface area contributed by atoms with E-state index in [1.807, 2.05) is 4.72 Å². The van der Waals surface area contributed by atoms with Crippen LogP contribution < -0.4 is 4.72 Å². The van der Waals surface area contributed by atoms with Crippen molar-refractivity contribution in [1.82, 2.24) is 9.62 Å². The summed E-state index contributed by atoms with van der Waals surface area (Å²) in [7, 11) is -4.14. The lowest BCUT2D eigenvalue weighted by Gasteiger charge is -2.35. The molecule has 1 aliphatic heterocycles. The third kappa shape index (κ3) is 5.24. The van der Waals surface area contributed by atoms with Gasteiger partial charge in [0.2, 0.25) is 15.9 Å². The van der Waals surface area contributed by atoms with E-state index in [-0.39, 0.29) is 29.5 Å². The number of nitrogens with zero attached hydrogens (tertiary/aromatic N) is 1. The molecule has 0 bridgehead atoms. The van der Waals surface area contributed by atoms with Gasteiger partial charge in [-0.15, -0.1) is 0 Å². The first kappa shape index (κ1) is 26.5. The van der Waals surface area contributed by atoms with Crippen molar-refractivity contribution >= 4 is 15.9 Å². The van der Waals surface area contributed by atoms with Gasteiger partial charge in [-0.1, -0.05) is 18.2 Å². The zero-order valence-corrected chi connectivity index (χ0v) is 20.0. The molecule has 2 aromatic rings. The molecule has 36 heavy (non-hydrogen) atoms. The van der Waals surface area contributed by atoms with Gasteiger partial charge in [0, 0.05) is 17.5 Å². The first-order valence-corrected chi connectivity index (χ1v) is 13.0. The van der Waals surface area contributed by atoms with Crippen LogP contribution in [0.15, 0.2) is 36.4 Å². The Morgan fingerprint density at radius 2 is 1.75 bits per heavy atom. The van der Waals surface area contributed by atoms with Gasteiger partial charge >= 0.3 is 0 Å². The summed E-state index contributed by atoms with van der Waals surface area (Å²) in [5.74, 6) is -8.59. The van der Waals surface area contributed by atoms with Gasteiger partial charge in [0.15, 0.2) is 0 Å². The molecule has 1 saturated heterocycles. The lowest BCUT2D eigenvalue weighted by atomic mass is 9.82. The van der Waals surface area contributed by atoms with Crippen molar-refractivity contribution < 1.29 is 39.6 Å². The molecule has 1 saturated carbocycles. The van der Waals surface area contributed by atoms with E-state index in [0.717, 1.165) is 17.0 Å². The van der Waals surface area contributed by atoms with E-state index in [2.05, 4.69) is 0 Å². The minimum Gasteiger partial charge on any atom is -0.331 e. The highest BCUT2D eigenvalue weighted by molar-refractivity contribution is 7.89. The summed E-state index contributed by atoms with van der Waals surface area (Å²) < 4.78 is 113. The Morgan fingerprint density at radius 3 is 2.33 bits per heavy atom. The first-order chi connectivity index (χ1) is 16.8. The van der Waals surface area contributed by atoms with Crippen LogP contribution in [0.25, 0.3) is 11.1 Å². The highest BCUT2D eigenvalue weighted by Crippen LogP contribution is 2.40. The van der Waals surface area contributed by atoms with Crippen molar-refractivity contribution in [2.45, 2.75) is 50.4 Å². The normalized spacial score (nSPS) is 25.6. The van der Waals surface area contributed by atoms with Crippen LogP contribution in [0.5, 0.6) is 0 Å². The highest BCUT2D eigenvalue weighted by Gasteiger charge is 2.58. The fourth-order valence-corrected chi connectivity index (χ4v) is 5.58. The van der Waals surface area contributed by atoms with Crippen molar-refractivity contribution in [2.75, 3.05) is 12.3 Å². The summed E-state index contributed by atoms with van der Waals surface area (Å²) in [4.78, 5) is 13.8. The Labute approximate surface area is 204 Å². The molecule has 2 aromatic carbocycles. The maximum Gasteiger partial charge on any atom is 0.283 e. The molecule has 2 aliphatic rings. The third-order valence-electron chi connectivity index (χ3n) is 6.70. The van der Waals surface area contributed by atoms with Gasteiger partial charge < -0.3 is 4.90 Å². The molecule has 2 fully saturated rings. The smallest absolute Gasteiger partial charge is 0.283 e. The molecular weight excluding hydrogens is 510 g/mol. The SMILES string of the molecule is CCS(=O)(=O)N[C@@H]1[C@H](Cc2cccc(-c3cc(F)cc(F)c3)c2F)N(C(=O)[C@H]2C[C@H](F)C2)CC1(F)F. The quantitative estimate of drug-likeness (QED) is 0.542. The lowest BCUT2D eigenvalue weighted by molar-refractivity contribution is -0.142. The van der Waals surface area contributed by atoms with Crippen molar-refractivity contribution in [3.05, 3.63) is 59.4 Å². The predicted octanol–water partition coefficient (Wildman–Crippen LogP) is 4.22. The monoisotopic (exact) mass is 534 g/mol. The number of halogens is 6. The molecule has 196 valence electrons. The molecule has 0 unspecified atom stereocenters. The largest absolute Gasteiger partial charge is 0.331 e. The molecule has 4 rings (SSSR count). The number of benzene rings is 2. The molecule has 1 N–H and O–H groups in total. The minimum absolute atomic E-state index is 0.122. The van der Waals surface area contributed by atoms with Crippen LogP contribution in [0.2, 0.25) is 0 Å². The van der Waals surface area contributed by atoms with E-state index in [1.165, 1.54) is 25.1 Å². The third-order valence-corrected chi connectivity index (χ3v) is 8.08. The Bertz CT molecular complexity index is 1250. The Balaban J connectivity index is 1.72. The standard InChI is InChI=1S/C24H24F6N2O3S/c1-2-36(34,35)31-22-20(32(12-24(22,29)30)23(33)15-8-16(25)9-15)10-13-4-3-5-19(21(13)28)14-6-17(26)11-18(27)7-14/h3-7,11,15-16,20,22,31H,2,8-10,12H2,1H3/t15-,16-,20-,22+/m0/s1. The minimum atomic E-state index is -4.14. The van der Waals surface area contributed by atoms with Crippen LogP contribution in [0, 0.1) is 23.4 Å². The van der Waals surface area contributed by atoms with Crippen LogP contribution in [0.3, 0.4) is 0 Å². The summed E-state index contributed by atoms with van der Waals surface area (Å²) in [5.41, 5.74) is -0.475. The van der Waals surface area contributed by atoms with Crippen LogP contribution in [-0.4, -0.2) is 55.7 Å². The van der Waals surface area contributed by atoms with Gasteiger partial charge in [0.05, 0.1) is 18.3 Å². The number of carbonyl (C=O) groups is 1. The number of hydrogen-bond donors (Lipinski definition) is 1. The second-order valence-electron chi connectivity index (χ2n) is 9.20. The number of amides is 1. The van der Waals surface area contributed by atoms with Crippen LogP contribution in [0.4, 0.5) is 26.3 Å². The molecule has 1 aliphatic carbocycles. The summed E-state index contributed by atoms with van der Waals surface area (Å²) in [6, 6.07) is 2.78. The van der Waals surface area contributed by atoms with Gasteiger partial charge in [0.25, 0.3) is 5.92 Å². The molecular formula is C24H24F6N2O3S. The number of nitrogens with one attached hydrogen (secondary N) is 1. The fraction of sp³-hybridized carbons (Fsp3) is 0.458. The van der Waals surface area contributed by atoms with Gasteiger partial charge in [-0.3, -0.25) is 4.79 Å². The number of rotatable bonds is 7. The van der Waals surface area contributed by atoms with Gasteiger partial charge in [-0.25, -0.2) is 39.5 Å². The maximum absolute atomic E-state index is 15.5. The van der Waals surface area contributed by atoms with Crippen LogP contribution in [0.1, 0.15) is 25.3 Å². The van der Waals surface area contributed by atoms with Crippen molar-refractivity contribution in [1.29, 1.82) is 0 Å². The fourth-order valence-electron chi connectivity index (χ4n) is 4.69. The van der Waals surface area contributed by atoms with E-state index in [0.29, 0.717) is 6.07 Å². The Hall–Kier alpha value is -2.60. The summed E-state index contributed by atoms with van der Waals surface area (Å²) in [5, 5.41) is 0. The highest BCUT2D eigenvalue weighted by atomic mass is 32.2. The second-order valence-corrected chi connectivity index (χ2v) is 11.2. The molecule has 1 amide bonds. The number of hydrogen-bond acceptors (Lipinski definition) is 3. The zero-order chi connectivity index (χ0) is 26.4. The molecule has 2 atom stereocenters. The number of sulfonamides is 1. The Morgan fingerprint density at radius 1 is 1.11 bits per heavy atom. The topological polar surface area (TPSA) is 66.5 Å². The first-order valence-electron chi connectivity index (χ1n) is 11.4. The lowest BCUT2D eigenvalue weighted by Crippen LogP contribution is -2.53. The second kappa shape index (κ2) is 9.70. The molecule has 0 spiro atoms. The zero-order valence-electron chi connectivity index (χ0n) is 19.2. The van der Waals surface area contributed by atoms with Crippen molar-refractivity contribution in [3.8, 4) is 11.1 Å². The number of alkyl halides is 3. The molecule has 5 nitrogen and oxygen atoms in total. The van der Waals surface area contributed by atoms with E-state index in [1.54, 1.807) is 0 Å². The molecule has 12 heteroatoms. The average molecular weight is 535 g/mol. The van der Waals surface area contributed by atoms with E-state index < -0.39 is 82.2 Å². The van der Waals surface area contributed by atoms with E-state index in [9.17, 15) is 26.4 Å². The molecule has 0 aromatic heterocycles.